The highest BCUT2D eigenvalue weighted by Crippen LogP contribution is 2.34. The van der Waals surface area contributed by atoms with E-state index in [2.05, 4.69) is 24.5 Å². The summed E-state index contributed by atoms with van der Waals surface area (Å²) >= 11 is 1.24. The van der Waals surface area contributed by atoms with Crippen LogP contribution < -0.4 is 15.5 Å². The fraction of sp³-hybridized carbons (Fsp3) is 0.143. The molecule has 9 heteroatoms. The van der Waals surface area contributed by atoms with Crippen LogP contribution in [-0.2, 0) is 14.4 Å². The van der Waals surface area contributed by atoms with Gasteiger partial charge in [-0.2, -0.15) is 0 Å². The van der Waals surface area contributed by atoms with Gasteiger partial charge in [-0.1, -0.05) is 56.3 Å². The van der Waals surface area contributed by atoms with Crippen LogP contribution >= 0.6 is 11.8 Å². The number of amides is 4. The van der Waals surface area contributed by atoms with Crippen molar-refractivity contribution in [2.45, 2.75) is 36.3 Å². The Morgan fingerprint density at radius 1 is 0.886 bits per heavy atom. The molecule has 1 fully saturated rings. The van der Waals surface area contributed by atoms with Crippen molar-refractivity contribution in [1.29, 1.82) is 0 Å². The molecule has 1 saturated heterocycles. The monoisotopic (exact) mass is 607 g/mol. The van der Waals surface area contributed by atoms with Gasteiger partial charge in [-0.15, -0.1) is 11.8 Å². The Morgan fingerprint density at radius 3 is 2.18 bits per heavy atom. The van der Waals surface area contributed by atoms with Gasteiger partial charge in [-0.25, -0.2) is 9.29 Å². The molecule has 222 valence electrons. The lowest BCUT2D eigenvalue weighted by Crippen LogP contribution is -2.31. The van der Waals surface area contributed by atoms with E-state index in [-0.39, 0.29) is 23.9 Å². The molecule has 4 amide bonds. The zero-order chi connectivity index (χ0) is 31.2. The second-order valence-electron chi connectivity index (χ2n) is 10.5. The van der Waals surface area contributed by atoms with Crippen molar-refractivity contribution >= 4 is 52.8 Å². The van der Waals surface area contributed by atoms with Gasteiger partial charge < -0.3 is 10.6 Å². The number of anilines is 2. The zero-order valence-electron chi connectivity index (χ0n) is 24.1. The molecular weight excluding hydrogens is 577 g/mol. The predicted molar refractivity (Wildman–Crippen MR) is 171 cm³/mol. The maximum Gasteiger partial charge on any atom is 0.272 e. The van der Waals surface area contributed by atoms with Crippen LogP contribution in [0.15, 0.2) is 114 Å². The molecule has 1 aliphatic heterocycles. The first-order valence-electron chi connectivity index (χ1n) is 14.1. The number of halogens is 1. The van der Waals surface area contributed by atoms with E-state index in [9.17, 15) is 23.6 Å². The Labute approximate surface area is 259 Å². The first-order chi connectivity index (χ1) is 21.2. The van der Waals surface area contributed by atoms with Crippen LogP contribution in [0.2, 0.25) is 0 Å². The van der Waals surface area contributed by atoms with Gasteiger partial charge in [0.1, 0.15) is 11.5 Å². The van der Waals surface area contributed by atoms with Crippen LogP contribution in [0.1, 0.15) is 47.7 Å². The molecule has 44 heavy (non-hydrogen) atoms. The van der Waals surface area contributed by atoms with E-state index < -0.39 is 22.9 Å². The molecule has 4 aromatic carbocycles. The Bertz CT molecular complexity index is 1700. The third-order valence-corrected chi connectivity index (χ3v) is 8.22. The number of imide groups is 1. The summed E-state index contributed by atoms with van der Waals surface area (Å²) in [5, 5.41) is 4.94. The van der Waals surface area contributed by atoms with Crippen LogP contribution in [0, 0.1) is 5.82 Å². The molecule has 0 radical (unpaired) electrons. The van der Waals surface area contributed by atoms with Crippen LogP contribution in [0.5, 0.6) is 0 Å². The van der Waals surface area contributed by atoms with Crippen LogP contribution in [0.25, 0.3) is 6.08 Å². The standard InChI is InChI=1S/C35H30FN3O4S/c1-22(2)24-10-8-23(9-11-24)20-30(38-33(41)25-6-4-3-5-7-25)34(42)37-27-14-18-29(19-15-27)44-31-21-32(40)39(35(31)43)28-16-12-26(36)13-17-28/h3-20,22,31H,21H2,1-2H3,(H,37,42)(H,38,41)/b30-20-. The molecule has 0 saturated carbocycles. The largest absolute Gasteiger partial charge is 0.321 e. The molecule has 2 N–H and O–H groups in total. The molecule has 0 aliphatic carbocycles. The van der Waals surface area contributed by atoms with E-state index in [1.807, 2.05) is 24.3 Å². The molecule has 7 nitrogen and oxygen atoms in total. The van der Waals surface area contributed by atoms with Gasteiger partial charge in [0, 0.05) is 22.6 Å². The van der Waals surface area contributed by atoms with E-state index in [1.54, 1.807) is 60.7 Å². The number of nitrogens with zero attached hydrogens (tertiary/aromatic N) is 1. The maximum absolute atomic E-state index is 13.4. The van der Waals surface area contributed by atoms with E-state index in [1.165, 1.54) is 36.0 Å². The highest BCUT2D eigenvalue weighted by molar-refractivity contribution is 8.00. The topological polar surface area (TPSA) is 95.6 Å². The summed E-state index contributed by atoms with van der Waals surface area (Å²) in [4.78, 5) is 53.7. The van der Waals surface area contributed by atoms with Gasteiger partial charge >= 0.3 is 0 Å². The number of benzene rings is 4. The number of carbonyl (C=O) groups is 4. The Hall–Kier alpha value is -5.02. The van der Waals surface area contributed by atoms with Gasteiger partial charge in [0.25, 0.3) is 11.8 Å². The molecule has 1 heterocycles. The van der Waals surface area contributed by atoms with Gasteiger partial charge in [-0.3, -0.25) is 19.2 Å². The number of carbonyl (C=O) groups excluding carboxylic acids is 4. The van der Waals surface area contributed by atoms with Crippen LogP contribution in [0.4, 0.5) is 15.8 Å². The average Bonchev–Trinajstić information content (AvgIpc) is 3.30. The number of rotatable bonds is 9. The van der Waals surface area contributed by atoms with Gasteiger partial charge in [-0.05, 0) is 83.8 Å². The summed E-state index contributed by atoms with van der Waals surface area (Å²) in [5.41, 5.74) is 3.22. The van der Waals surface area contributed by atoms with Gasteiger partial charge in [0.05, 0.1) is 10.9 Å². The first-order valence-corrected chi connectivity index (χ1v) is 14.9. The van der Waals surface area contributed by atoms with Gasteiger partial charge in [0.15, 0.2) is 0 Å². The SMILES string of the molecule is CC(C)c1ccc(/C=C(\NC(=O)c2ccccc2)C(=O)Nc2ccc(SC3CC(=O)N(c4ccc(F)cc4)C3=O)cc2)cc1. The van der Waals surface area contributed by atoms with E-state index in [4.69, 9.17) is 0 Å². The van der Waals surface area contributed by atoms with Crippen molar-refractivity contribution in [2.24, 2.45) is 0 Å². The average molecular weight is 608 g/mol. The highest BCUT2D eigenvalue weighted by atomic mass is 32.2. The maximum atomic E-state index is 13.4. The summed E-state index contributed by atoms with van der Waals surface area (Å²) in [6.45, 7) is 4.20. The third kappa shape index (κ3) is 7.30. The molecule has 0 bridgehead atoms. The summed E-state index contributed by atoms with van der Waals surface area (Å²) in [6.07, 6.45) is 1.65. The number of hydrogen-bond acceptors (Lipinski definition) is 5. The Balaban J connectivity index is 1.28. The molecule has 0 spiro atoms. The summed E-state index contributed by atoms with van der Waals surface area (Å²) < 4.78 is 13.3. The van der Waals surface area contributed by atoms with E-state index in [0.29, 0.717) is 22.9 Å². The quantitative estimate of drug-likeness (QED) is 0.162. The molecule has 1 aliphatic rings. The van der Waals surface area contributed by atoms with Crippen LogP contribution in [0.3, 0.4) is 0 Å². The fourth-order valence-corrected chi connectivity index (χ4v) is 5.68. The lowest BCUT2D eigenvalue weighted by molar-refractivity contribution is -0.121. The summed E-state index contributed by atoms with van der Waals surface area (Å²) in [7, 11) is 0. The smallest absolute Gasteiger partial charge is 0.272 e. The van der Waals surface area contributed by atoms with Crippen molar-refractivity contribution in [3.05, 3.63) is 131 Å². The summed E-state index contributed by atoms with van der Waals surface area (Å²) in [6, 6.07) is 28.5. The van der Waals surface area contributed by atoms with Gasteiger partial charge in [0.2, 0.25) is 11.8 Å². The molecular formula is C35H30FN3O4S. The lowest BCUT2D eigenvalue weighted by atomic mass is 10.0. The van der Waals surface area contributed by atoms with Crippen molar-refractivity contribution in [2.75, 3.05) is 10.2 Å². The number of hydrogen-bond donors (Lipinski definition) is 2. The second kappa shape index (κ2) is 13.5. The number of thioether (sulfide) groups is 1. The third-order valence-electron chi connectivity index (χ3n) is 7.02. The minimum absolute atomic E-state index is 0.0206. The molecule has 0 aromatic heterocycles. The molecule has 4 aromatic rings. The fourth-order valence-electron chi connectivity index (χ4n) is 4.62. The van der Waals surface area contributed by atoms with Crippen molar-refractivity contribution in [1.82, 2.24) is 5.32 Å². The number of nitrogens with one attached hydrogen (secondary N) is 2. The van der Waals surface area contributed by atoms with Crippen molar-refractivity contribution in [3.63, 3.8) is 0 Å². The minimum atomic E-state index is -0.627. The minimum Gasteiger partial charge on any atom is -0.321 e. The molecule has 5 rings (SSSR count). The molecule has 1 unspecified atom stereocenters. The normalized spacial score (nSPS) is 15.0. The van der Waals surface area contributed by atoms with Crippen LogP contribution in [-0.4, -0.2) is 28.9 Å². The van der Waals surface area contributed by atoms with E-state index >= 15 is 0 Å². The highest BCUT2D eigenvalue weighted by Gasteiger charge is 2.40. The molecule has 1 atom stereocenters. The first kappa shape index (κ1) is 30.4. The second-order valence-corrected chi connectivity index (χ2v) is 11.8. The zero-order valence-corrected chi connectivity index (χ0v) is 24.9. The van der Waals surface area contributed by atoms with E-state index in [0.717, 1.165) is 20.9 Å². The van der Waals surface area contributed by atoms with Crippen molar-refractivity contribution < 1.29 is 23.6 Å². The summed E-state index contributed by atoms with van der Waals surface area (Å²) in [5.74, 6) is -1.73. The Morgan fingerprint density at radius 2 is 1.55 bits per heavy atom. The van der Waals surface area contributed by atoms with Crippen molar-refractivity contribution in [3.8, 4) is 0 Å². The Kier molecular flexibility index (Phi) is 9.35. The predicted octanol–water partition coefficient (Wildman–Crippen LogP) is 6.78. The lowest BCUT2D eigenvalue weighted by Gasteiger charge is -2.15.